The summed E-state index contributed by atoms with van der Waals surface area (Å²) in [6, 6.07) is 4.83. The molecule has 4 N–H and O–H groups in total. The maximum atomic E-state index is 9.59. The summed E-state index contributed by atoms with van der Waals surface area (Å²) < 4.78 is 5.54. The van der Waals surface area contributed by atoms with E-state index < -0.39 is 5.91 Å². The van der Waals surface area contributed by atoms with Crippen LogP contribution in [0.2, 0.25) is 0 Å². The standard InChI is InChI=1S/C13H15N3O4/c1-8-6-10(7-15-9(8)2)20-11-4-3-5-14-12(11)13(17,18)16-19/h3-7,16-19H,1-2H3. The Morgan fingerprint density at radius 3 is 2.65 bits per heavy atom. The van der Waals surface area contributed by atoms with Gasteiger partial charge in [0.25, 0.3) is 5.91 Å². The van der Waals surface area contributed by atoms with Gasteiger partial charge in [0.15, 0.2) is 11.4 Å². The lowest BCUT2D eigenvalue weighted by molar-refractivity contribution is -0.253. The Hall–Kier alpha value is -2.06. The zero-order chi connectivity index (χ0) is 14.8. The second-order valence-corrected chi connectivity index (χ2v) is 4.31. The Morgan fingerprint density at radius 2 is 2.00 bits per heavy atom. The van der Waals surface area contributed by atoms with Gasteiger partial charge in [0.2, 0.25) is 0 Å². The predicted octanol–water partition coefficient (Wildman–Crippen LogP) is 0.959. The molecule has 0 aliphatic rings. The highest BCUT2D eigenvalue weighted by molar-refractivity contribution is 5.36. The summed E-state index contributed by atoms with van der Waals surface area (Å²) in [5.74, 6) is -2.19. The molecule has 0 aliphatic heterocycles. The SMILES string of the molecule is Cc1cc(Oc2cccnc2C(O)(O)NO)cnc1C. The minimum Gasteiger partial charge on any atom is -0.454 e. The first-order valence-electron chi connectivity index (χ1n) is 5.86. The maximum Gasteiger partial charge on any atom is 0.294 e. The van der Waals surface area contributed by atoms with Crippen molar-refractivity contribution < 1.29 is 20.2 Å². The molecule has 0 aromatic carbocycles. The minimum atomic E-state index is -2.70. The fraction of sp³-hybridized carbons (Fsp3) is 0.231. The molecule has 0 saturated carbocycles. The molecule has 2 aromatic rings. The number of aryl methyl sites for hydroxylation is 2. The molecule has 0 saturated heterocycles. The molecule has 2 rings (SSSR count). The lowest BCUT2D eigenvalue weighted by Crippen LogP contribution is -2.40. The molecule has 20 heavy (non-hydrogen) atoms. The van der Waals surface area contributed by atoms with Gasteiger partial charge in [0, 0.05) is 11.9 Å². The van der Waals surface area contributed by atoms with Crippen molar-refractivity contribution in [3.8, 4) is 11.5 Å². The number of nitrogens with one attached hydrogen (secondary N) is 1. The van der Waals surface area contributed by atoms with Gasteiger partial charge in [-0.3, -0.25) is 9.97 Å². The highest BCUT2D eigenvalue weighted by Gasteiger charge is 2.31. The molecule has 7 nitrogen and oxygen atoms in total. The fourth-order valence-electron chi connectivity index (χ4n) is 1.59. The van der Waals surface area contributed by atoms with Gasteiger partial charge >= 0.3 is 0 Å². The van der Waals surface area contributed by atoms with Crippen LogP contribution in [0.5, 0.6) is 11.5 Å². The molecule has 106 valence electrons. The number of pyridine rings is 2. The lowest BCUT2D eigenvalue weighted by atomic mass is 10.2. The number of aromatic nitrogens is 2. The third kappa shape index (κ3) is 2.91. The molecule has 0 amide bonds. The van der Waals surface area contributed by atoms with Gasteiger partial charge in [-0.1, -0.05) is 0 Å². The number of hydroxylamine groups is 1. The highest BCUT2D eigenvalue weighted by Crippen LogP contribution is 2.28. The Bertz CT molecular complexity index is 616. The molecule has 0 spiro atoms. The summed E-state index contributed by atoms with van der Waals surface area (Å²) in [5.41, 5.74) is 2.91. The molecule has 2 aromatic heterocycles. The van der Waals surface area contributed by atoms with Gasteiger partial charge < -0.3 is 20.2 Å². The number of rotatable bonds is 4. The van der Waals surface area contributed by atoms with Crippen LogP contribution in [0.15, 0.2) is 30.6 Å². The van der Waals surface area contributed by atoms with Gasteiger partial charge in [-0.15, -0.1) is 5.48 Å². The van der Waals surface area contributed by atoms with E-state index in [0.717, 1.165) is 11.3 Å². The van der Waals surface area contributed by atoms with Crippen molar-refractivity contribution >= 4 is 0 Å². The van der Waals surface area contributed by atoms with Crippen LogP contribution >= 0.6 is 0 Å². The molecule has 0 radical (unpaired) electrons. The number of hydrogen-bond acceptors (Lipinski definition) is 7. The zero-order valence-corrected chi connectivity index (χ0v) is 11.0. The monoisotopic (exact) mass is 277 g/mol. The van der Waals surface area contributed by atoms with Gasteiger partial charge in [-0.2, -0.15) is 0 Å². The topological polar surface area (TPSA) is 108 Å². The van der Waals surface area contributed by atoms with Crippen LogP contribution < -0.4 is 10.2 Å². The Balaban J connectivity index is 2.36. The number of aliphatic hydroxyl groups is 2. The molecule has 7 heteroatoms. The Labute approximate surface area is 115 Å². The van der Waals surface area contributed by atoms with Gasteiger partial charge in [0.1, 0.15) is 5.75 Å². The van der Waals surface area contributed by atoms with Crippen LogP contribution in [-0.2, 0) is 5.91 Å². The van der Waals surface area contributed by atoms with E-state index in [2.05, 4.69) is 9.97 Å². The second-order valence-electron chi connectivity index (χ2n) is 4.31. The molecule has 0 unspecified atom stereocenters. The Kier molecular flexibility index (Phi) is 3.96. The van der Waals surface area contributed by atoms with E-state index >= 15 is 0 Å². The molecule has 0 fully saturated rings. The summed E-state index contributed by atoms with van der Waals surface area (Å²) in [5, 5.41) is 27.9. The van der Waals surface area contributed by atoms with E-state index in [1.807, 2.05) is 13.8 Å². The smallest absolute Gasteiger partial charge is 0.294 e. The minimum absolute atomic E-state index is 0.0871. The average molecular weight is 277 g/mol. The van der Waals surface area contributed by atoms with Crippen LogP contribution in [0.25, 0.3) is 0 Å². The normalized spacial score (nSPS) is 11.4. The van der Waals surface area contributed by atoms with Crippen LogP contribution in [0.4, 0.5) is 0 Å². The van der Waals surface area contributed by atoms with E-state index in [-0.39, 0.29) is 11.4 Å². The van der Waals surface area contributed by atoms with Crippen molar-refractivity contribution in [2.45, 2.75) is 19.8 Å². The zero-order valence-electron chi connectivity index (χ0n) is 11.0. The van der Waals surface area contributed by atoms with Crippen molar-refractivity contribution in [1.82, 2.24) is 15.4 Å². The van der Waals surface area contributed by atoms with Crippen molar-refractivity contribution in [1.29, 1.82) is 0 Å². The van der Waals surface area contributed by atoms with Crippen molar-refractivity contribution in [3.05, 3.63) is 47.5 Å². The van der Waals surface area contributed by atoms with E-state index in [1.165, 1.54) is 23.9 Å². The molecular formula is C13H15N3O4. The van der Waals surface area contributed by atoms with E-state index in [9.17, 15) is 10.2 Å². The van der Waals surface area contributed by atoms with E-state index in [1.54, 1.807) is 12.1 Å². The molecule has 0 aliphatic carbocycles. The molecule has 0 atom stereocenters. The molecule has 2 heterocycles. The number of ether oxygens (including phenoxy) is 1. The maximum absolute atomic E-state index is 9.59. The van der Waals surface area contributed by atoms with E-state index in [0.29, 0.717) is 5.75 Å². The summed E-state index contributed by atoms with van der Waals surface area (Å²) >= 11 is 0. The predicted molar refractivity (Wildman–Crippen MR) is 69.1 cm³/mol. The lowest BCUT2D eigenvalue weighted by Gasteiger charge is -2.21. The highest BCUT2D eigenvalue weighted by atomic mass is 16.6. The summed E-state index contributed by atoms with van der Waals surface area (Å²) in [6.07, 6.45) is 2.86. The first-order valence-corrected chi connectivity index (χ1v) is 5.86. The summed E-state index contributed by atoms with van der Waals surface area (Å²) in [4.78, 5) is 7.94. The third-order valence-corrected chi connectivity index (χ3v) is 2.80. The molecule has 0 bridgehead atoms. The number of nitrogens with zero attached hydrogens (tertiary/aromatic N) is 2. The molecular weight excluding hydrogens is 262 g/mol. The second kappa shape index (κ2) is 5.51. The summed E-state index contributed by atoms with van der Waals surface area (Å²) in [6.45, 7) is 3.76. The van der Waals surface area contributed by atoms with Gasteiger partial charge in [-0.25, -0.2) is 0 Å². The third-order valence-electron chi connectivity index (χ3n) is 2.80. The Morgan fingerprint density at radius 1 is 1.25 bits per heavy atom. The fourth-order valence-corrected chi connectivity index (χ4v) is 1.59. The number of hydrogen-bond donors (Lipinski definition) is 4. The quantitative estimate of drug-likeness (QED) is 0.487. The van der Waals surface area contributed by atoms with Crippen LogP contribution in [0, 0.1) is 13.8 Å². The largest absolute Gasteiger partial charge is 0.454 e. The van der Waals surface area contributed by atoms with E-state index in [4.69, 9.17) is 9.94 Å². The van der Waals surface area contributed by atoms with Gasteiger partial charge in [-0.05, 0) is 37.6 Å². The average Bonchev–Trinajstić information content (AvgIpc) is 2.43. The first kappa shape index (κ1) is 14.4. The van der Waals surface area contributed by atoms with Crippen LogP contribution in [0.3, 0.4) is 0 Å². The van der Waals surface area contributed by atoms with Crippen LogP contribution in [0.1, 0.15) is 17.0 Å². The van der Waals surface area contributed by atoms with Crippen molar-refractivity contribution in [3.63, 3.8) is 0 Å². The van der Waals surface area contributed by atoms with Crippen molar-refractivity contribution in [2.24, 2.45) is 0 Å². The van der Waals surface area contributed by atoms with Crippen LogP contribution in [-0.4, -0.2) is 25.4 Å². The van der Waals surface area contributed by atoms with Gasteiger partial charge in [0.05, 0.1) is 6.20 Å². The summed E-state index contributed by atoms with van der Waals surface area (Å²) in [7, 11) is 0. The first-order chi connectivity index (χ1) is 9.44. The van der Waals surface area contributed by atoms with Crippen molar-refractivity contribution in [2.75, 3.05) is 0 Å².